The van der Waals surface area contributed by atoms with E-state index in [2.05, 4.69) is 37.7 Å². The summed E-state index contributed by atoms with van der Waals surface area (Å²) in [4.78, 5) is 6.22. The minimum absolute atomic E-state index is 0.0487. The van der Waals surface area contributed by atoms with Gasteiger partial charge in [0.05, 0.1) is 18.0 Å². The second-order valence-electron chi connectivity index (χ2n) is 6.24. The van der Waals surface area contributed by atoms with Crippen molar-refractivity contribution in [1.29, 1.82) is 0 Å². The zero-order chi connectivity index (χ0) is 15.3. The highest BCUT2D eigenvalue weighted by atomic mass is 19.1. The molecular formula is C16H27FN2O. The number of halogens is 1. The van der Waals surface area contributed by atoms with Crippen molar-refractivity contribution in [3.63, 3.8) is 0 Å². The summed E-state index contributed by atoms with van der Waals surface area (Å²) in [5, 5.41) is 10.3. The van der Waals surface area contributed by atoms with E-state index in [1.807, 2.05) is 6.92 Å². The van der Waals surface area contributed by atoms with E-state index in [1.165, 1.54) is 6.07 Å². The molecule has 0 bridgehead atoms. The quantitative estimate of drug-likeness (QED) is 0.834. The van der Waals surface area contributed by atoms with Crippen LogP contribution in [0.5, 0.6) is 0 Å². The van der Waals surface area contributed by atoms with Gasteiger partial charge >= 0.3 is 0 Å². The van der Waals surface area contributed by atoms with E-state index in [9.17, 15) is 9.50 Å². The molecule has 0 amide bonds. The summed E-state index contributed by atoms with van der Waals surface area (Å²) in [6.07, 6.45) is 1.62. The highest BCUT2D eigenvalue weighted by molar-refractivity contribution is 5.08. The first-order chi connectivity index (χ1) is 9.31. The molecule has 4 heteroatoms. The van der Waals surface area contributed by atoms with E-state index in [0.717, 1.165) is 19.2 Å². The van der Waals surface area contributed by atoms with Gasteiger partial charge < -0.3 is 10.0 Å². The van der Waals surface area contributed by atoms with E-state index in [-0.39, 0.29) is 11.7 Å². The lowest BCUT2D eigenvalue weighted by atomic mass is 9.98. The molecule has 1 rings (SSSR count). The van der Waals surface area contributed by atoms with Crippen molar-refractivity contribution in [1.82, 2.24) is 9.88 Å². The summed E-state index contributed by atoms with van der Waals surface area (Å²) >= 11 is 0. The van der Waals surface area contributed by atoms with Crippen molar-refractivity contribution in [2.75, 3.05) is 13.6 Å². The van der Waals surface area contributed by atoms with Crippen molar-refractivity contribution < 1.29 is 9.50 Å². The van der Waals surface area contributed by atoms with Crippen LogP contribution < -0.4 is 0 Å². The van der Waals surface area contributed by atoms with Gasteiger partial charge in [-0.3, -0.25) is 4.98 Å². The Morgan fingerprint density at radius 3 is 2.40 bits per heavy atom. The number of rotatable bonds is 7. The summed E-state index contributed by atoms with van der Waals surface area (Å²) in [7, 11) is 2.08. The number of aliphatic hydroxyl groups is 1. The number of pyridine rings is 1. The Labute approximate surface area is 121 Å². The largest absolute Gasteiger partial charge is 0.386 e. The summed E-state index contributed by atoms with van der Waals surface area (Å²) in [6.45, 7) is 9.41. The molecule has 3 unspecified atom stereocenters. The number of aliphatic hydroxyl groups excluding tert-OH is 1. The predicted molar refractivity (Wildman–Crippen MR) is 79.9 cm³/mol. The van der Waals surface area contributed by atoms with E-state index in [0.29, 0.717) is 17.7 Å². The first-order valence-corrected chi connectivity index (χ1v) is 7.31. The van der Waals surface area contributed by atoms with E-state index in [1.54, 1.807) is 6.07 Å². The Morgan fingerprint density at radius 2 is 1.90 bits per heavy atom. The van der Waals surface area contributed by atoms with Gasteiger partial charge in [0.2, 0.25) is 0 Å². The summed E-state index contributed by atoms with van der Waals surface area (Å²) in [5.74, 6) is 0.329. The molecular weight excluding hydrogens is 255 g/mol. The fraction of sp³-hybridized carbons (Fsp3) is 0.688. The van der Waals surface area contributed by atoms with Crippen LogP contribution >= 0.6 is 0 Å². The van der Waals surface area contributed by atoms with Crippen LogP contribution in [0.15, 0.2) is 18.3 Å². The Kier molecular flexibility index (Phi) is 6.56. The summed E-state index contributed by atoms with van der Waals surface area (Å²) in [6, 6.07) is 3.36. The summed E-state index contributed by atoms with van der Waals surface area (Å²) in [5.41, 5.74) is 0.531. The Bertz CT molecular complexity index is 394. The van der Waals surface area contributed by atoms with Crippen molar-refractivity contribution in [2.45, 2.75) is 46.3 Å². The van der Waals surface area contributed by atoms with Gasteiger partial charge in [0.1, 0.15) is 5.82 Å². The second kappa shape index (κ2) is 7.70. The first-order valence-electron chi connectivity index (χ1n) is 7.31. The second-order valence-corrected chi connectivity index (χ2v) is 6.24. The van der Waals surface area contributed by atoms with Crippen LogP contribution in [-0.4, -0.2) is 34.6 Å². The molecule has 0 fully saturated rings. The smallest absolute Gasteiger partial charge is 0.141 e. The lowest BCUT2D eigenvalue weighted by Crippen LogP contribution is -2.35. The molecule has 0 radical (unpaired) electrons. The van der Waals surface area contributed by atoms with Crippen molar-refractivity contribution in [2.24, 2.45) is 11.8 Å². The topological polar surface area (TPSA) is 36.4 Å². The Balaban J connectivity index is 2.56. The zero-order valence-electron chi connectivity index (χ0n) is 13.2. The van der Waals surface area contributed by atoms with Crippen LogP contribution in [0.4, 0.5) is 4.39 Å². The number of aromatic nitrogens is 1. The number of hydrogen-bond donors (Lipinski definition) is 1. The van der Waals surface area contributed by atoms with Crippen LogP contribution in [-0.2, 0) is 0 Å². The fourth-order valence-corrected chi connectivity index (χ4v) is 2.45. The molecule has 1 N–H and O–H groups in total. The third-order valence-electron chi connectivity index (χ3n) is 3.73. The Hall–Kier alpha value is -1.00. The van der Waals surface area contributed by atoms with E-state index < -0.39 is 6.10 Å². The van der Waals surface area contributed by atoms with Gasteiger partial charge in [-0.05, 0) is 38.4 Å². The minimum Gasteiger partial charge on any atom is -0.386 e. The maximum absolute atomic E-state index is 12.8. The molecule has 20 heavy (non-hydrogen) atoms. The Morgan fingerprint density at radius 1 is 1.25 bits per heavy atom. The normalized spacial score (nSPS) is 16.4. The molecule has 0 spiro atoms. The highest BCUT2D eigenvalue weighted by Crippen LogP contribution is 2.22. The lowest BCUT2D eigenvalue weighted by molar-refractivity contribution is 0.0794. The fourth-order valence-electron chi connectivity index (χ4n) is 2.45. The number of hydrogen-bond acceptors (Lipinski definition) is 3. The van der Waals surface area contributed by atoms with Crippen LogP contribution in [0.25, 0.3) is 0 Å². The van der Waals surface area contributed by atoms with Gasteiger partial charge in [-0.1, -0.05) is 20.8 Å². The highest BCUT2D eigenvalue weighted by Gasteiger charge is 2.21. The predicted octanol–water partition coefficient (Wildman–Crippen LogP) is 3.26. The van der Waals surface area contributed by atoms with E-state index in [4.69, 9.17) is 0 Å². The van der Waals surface area contributed by atoms with Gasteiger partial charge in [0.15, 0.2) is 0 Å². The molecule has 0 saturated heterocycles. The maximum Gasteiger partial charge on any atom is 0.141 e. The monoisotopic (exact) mass is 282 g/mol. The van der Waals surface area contributed by atoms with Gasteiger partial charge in [-0.25, -0.2) is 4.39 Å². The molecule has 3 nitrogen and oxygen atoms in total. The van der Waals surface area contributed by atoms with Crippen LogP contribution in [0.1, 0.15) is 45.9 Å². The molecule has 3 atom stereocenters. The molecule has 0 aliphatic carbocycles. The van der Waals surface area contributed by atoms with Gasteiger partial charge in [-0.15, -0.1) is 0 Å². The summed E-state index contributed by atoms with van der Waals surface area (Å²) < 4.78 is 12.8. The van der Waals surface area contributed by atoms with Crippen molar-refractivity contribution in [3.8, 4) is 0 Å². The van der Waals surface area contributed by atoms with Crippen molar-refractivity contribution >= 4 is 0 Å². The van der Waals surface area contributed by atoms with E-state index >= 15 is 0 Å². The molecule has 114 valence electrons. The lowest BCUT2D eigenvalue weighted by Gasteiger charge is -2.30. The molecule has 1 aromatic rings. The molecule has 1 heterocycles. The molecule has 0 aromatic carbocycles. The SMILES string of the molecule is CC(C)CC(C)N(C)CC(C)C(O)c1ccc(F)cn1. The van der Waals surface area contributed by atoms with Crippen LogP contribution in [0.2, 0.25) is 0 Å². The first kappa shape index (κ1) is 17.1. The molecule has 1 aromatic heterocycles. The average molecular weight is 282 g/mol. The molecule has 0 aliphatic rings. The van der Waals surface area contributed by atoms with Crippen LogP contribution in [0.3, 0.4) is 0 Å². The zero-order valence-corrected chi connectivity index (χ0v) is 13.2. The van der Waals surface area contributed by atoms with Gasteiger partial charge in [0, 0.05) is 18.5 Å². The van der Waals surface area contributed by atoms with Gasteiger partial charge in [0.25, 0.3) is 0 Å². The van der Waals surface area contributed by atoms with Gasteiger partial charge in [-0.2, -0.15) is 0 Å². The maximum atomic E-state index is 12.8. The third-order valence-corrected chi connectivity index (χ3v) is 3.73. The average Bonchev–Trinajstić information content (AvgIpc) is 2.37. The minimum atomic E-state index is -0.663. The molecule has 0 aliphatic heterocycles. The molecule has 0 saturated carbocycles. The third kappa shape index (κ3) is 5.17. The van der Waals surface area contributed by atoms with Crippen LogP contribution in [0, 0.1) is 17.7 Å². The van der Waals surface area contributed by atoms with Crippen molar-refractivity contribution in [3.05, 3.63) is 29.8 Å². The standard InChI is InChI=1S/C16H27FN2O/c1-11(2)8-13(4)19(5)10-12(3)16(20)15-7-6-14(17)9-18-15/h6-7,9,11-13,16,20H,8,10H2,1-5H3. The number of nitrogens with zero attached hydrogens (tertiary/aromatic N) is 2.